The summed E-state index contributed by atoms with van der Waals surface area (Å²) >= 11 is 0. The Morgan fingerprint density at radius 3 is 2.33 bits per heavy atom. The average molecular weight is 296 g/mol. The summed E-state index contributed by atoms with van der Waals surface area (Å²) in [7, 11) is 0. The van der Waals surface area contributed by atoms with Crippen molar-refractivity contribution in [2.24, 2.45) is 0 Å². The molecule has 21 heavy (non-hydrogen) atoms. The van der Waals surface area contributed by atoms with E-state index in [0.29, 0.717) is 0 Å². The van der Waals surface area contributed by atoms with Crippen molar-refractivity contribution in [1.82, 2.24) is 0 Å². The van der Waals surface area contributed by atoms with Crippen LogP contribution < -0.4 is 0 Å². The third kappa shape index (κ3) is 16.9. The van der Waals surface area contributed by atoms with Gasteiger partial charge in [-0.25, -0.2) is 0 Å². The lowest BCUT2D eigenvalue weighted by Gasteiger charge is -2.07. The van der Waals surface area contributed by atoms with Gasteiger partial charge in [-0.05, 0) is 44.9 Å². The van der Waals surface area contributed by atoms with Crippen LogP contribution in [0.5, 0.6) is 0 Å². The summed E-state index contributed by atoms with van der Waals surface area (Å²) in [6.45, 7) is 2.18. The second-order valence-corrected chi connectivity index (χ2v) is 5.54. The molecule has 0 rings (SSSR count). The lowest BCUT2D eigenvalue weighted by molar-refractivity contribution is -0.137. The van der Waals surface area contributed by atoms with Crippen LogP contribution >= 0.6 is 0 Å². The molecule has 0 saturated carbocycles. The standard InChI is InChI=1S/C18H32O3/c1-2-3-11-14-17(19)15-12-9-7-5-4-6-8-10-13-16-18(20)21/h4,6-7,9,17,19H,2-3,5,8,10-16H2,1H3,(H,20,21)/b6-4+,9-7+. The maximum Gasteiger partial charge on any atom is 0.303 e. The Bertz CT molecular complexity index is 295. The van der Waals surface area contributed by atoms with Crippen LogP contribution in [0, 0.1) is 0 Å². The fraction of sp³-hybridized carbons (Fsp3) is 0.722. The first kappa shape index (κ1) is 19.9. The van der Waals surface area contributed by atoms with E-state index >= 15 is 0 Å². The quantitative estimate of drug-likeness (QED) is 0.355. The van der Waals surface area contributed by atoms with Crippen molar-refractivity contribution in [3.05, 3.63) is 24.3 Å². The van der Waals surface area contributed by atoms with E-state index < -0.39 is 5.97 Å². The lowest BCUT2D eigenvalue weighted by Crippen LogP contribution is -2.05. The summed E-state index contributed by atoms with van der Waals surface area (Å²) in [5.74, 6) is -0.709. The Morgan fingerprint density at radius 2 is 1.67 bits per heavy atom. The van der Waals surface area contributed by atoms with Gasteiger partial charge in [0.2, 0.25) is 0 Å². The van der Waals surface area contributed by atoms with Gasteiger partial charge in [-0.1, -0.05) is 50.5 Å². The molecule has 0 heterocycles. The zero-order valence-electron chi connectivity index (χ0n) is 13.5. The molecule has 1 unspecified atom stereocenters. The minimum Gasteiger partial charge on any atom is -0.481 e. The molecule has 0 bridgehead atoms. The normalized spacial score (nSPS) is 13.2. The van der Waals surface area contributed by atoms with Crippen LogP contribution in [-0.4, -0.2) is 22.3 Å². The molecule has 0 aliphatic heterocycles. The van der Waals surface area contributed by atoms with Gasteiger partial charge in [0.25, 0.3) is 0 Å². The van der Waals surface area contributed by atoms with Crippen LogP contribution in [0.1, 0.15) is 77.6 Å². The Labute approximate surface area is 129 Å². The number of carbonyl (C=O) groups is 1. The van der Waals surface area contributed by atoms with Crippen molar-refractivity contribution in [1.29, 1.82) is 0 Å². The number of aliphatic hydroxyl groups excluding tert-OH is 1. The molecule has 0 aromatic carbocycles. The van der Waals surface area contributed by atoms with Crippen LogP contribution in [0.4, 0.5) is 0 Å². The summed E-state index contributed by atoms with van der Waals surface area (Å²) in [6.07, 6.45) is 18.5. The van der Waals surface area contributed by atoms with Crippen LogP contribution in [0.2, 0.25) is 0 Å². The molecule has 0 amide bonds. The predicted molar refractivity (Wildman–Crippen MR) is 88.4 cm³/mol. The van der Waals surface area contributed by atoms with Crippen LogP contribution in [0.25, 0.3) is 0 Å². The monoisotopic (exact) mass is 296 g/mol. The average Bonchev–Trinajstić information content (AvgIpc) is 2.44. The van der Waals surface area contributed by atoms with Gasteiger partial charge < -0.3 is 10.2 Å². The molecule has 0 spiro atoms. The lowest BCUT2D eigenvalue weighted by atomic mass is 10.1. The van der Waals surface area contributed by atoms with Crippen molar-refractivity contribution < 1.29 is 15.0 Å². The van der Waals surface area contributed by atoms with Gasteiger partial charge in [0, 0.05) is 6.42 Å². The first-order chi connectivity index (χ1) is 10.2. The fourth-order valence-electron chi connectivity index (χ4n) is 2.11. The molecule has 0 saturated heterocycles. The van der Waals surface area contributed by atoms with Crippen molar-refractivity contribution in [2.45, 2.75) is 83.7 Å². The van der Waals surface area contributed by atoms with E-state index in [9.17, 15) is 9.90 Å². The maximum atomic E-state index is 10.3. The number of rotatable bonds is 14. The molecule has 122 valence electrons. The number of aliphatic carboxylic acids is 1. The molecule has 0 aromatic heterocycles. The minimum atomic E-state index is -0.709. The van der Waals surface area contributed by atoms with E-state index in [1.165, 1.54) is 12.8 Å². The number of carboxylic acid groups (broad SMARTS) is 1. The van der Waals surface area contributed by atoms with Gasteiger partial charge in [-0.3, -0.25) is 4.79 Å². The molecule has 3 heteroatoms. The van der Waals surface area contributed by atoms with E-state index in [1.54, 1.807) is 0 Å². The summed E-state index contributed by atoms with van der Waals surface area (Å²) in [5.41, 5.74) is 0. The minimum absolute atomic E-state index is 0.147. The van der Waals surface area contributed by atoms with E-state index in [2.05, 4.69) is 31.2 Å². The highest BCUT2D eigenvalue weighted by Crippen LogP contribution is 2.08. The highest BCUT2D eigenvalue weighted by molar-refractivity contribution is 5.66. The second-order valence-electron chi connectivity index (χ2n) is 5.54. The highest BCUT2D eigenvalue weighted by atomic mass is 16.4. The maximum absolute atomic E-state index is 10.3. The predicted octanol–water partition coefficient (Wildman–Crippen LogP) is 4.86. The first-order valence-corrected chi connectivity index (χ1v) is 8.36. The first-order valence-electron chi connectivity index (χ1n) is 8.36. The number of hydrogen-bond donors (Lipinski definition) is 2. The molecule has 2 N–H and O–H groups in total. The van der Waals surface area contributed by atoms with Gasteiger partial charge >= 0.3 is 5.97 Å². The second kappa shape index (κ2) is 15.3. The zero-order chi connectivity index (χ0) is 15.8. The van der Waals surface area contributed by atoms with Crippen molar-refractivity contribution in [3.63, 3.8) is 0 Å². The topological polar surface area (TPSA) is 57.5 Å². The van der Waals surface area contributed by atoms with E-state index in [0.717, 1.165) is 51.4 Å². The molecule has 0 radical (unpaired) electrons. The fourth-order valence-corrected chi connectivity index (χ4v) is 2.11. The van der Waals surface area contributed by atoms with Gasteiger partial charge in [-0.15, -0.1) is 0 Å². The van der Waals surface area contributed by atoms with Crippen LogP contribution in [0.15, 0.2) is 24.3 Å². The van der Waals surface area contributed by atoms with E-state index in [-0.39, 0.29) is 12.5 Å². The Morgan fingerprint density at radius 1 is 0.952 bits per heavy atom. The molecule has 0 fully saturated rings. The van der Waals surface area contributed by atoms with Crippen molar-refractivity contribution >= 4 is 5.97 Å². The van der Waals surface area contributed by atoms with E-state index in [4.69, 9.17) is 5.11 Å². The Kier molecular flexibility index (Phi) is 14.5. The third-order valence-electron chi connectivity index (χ3n) is 3.42. The van der Waals surface area contributed by atoms with E-state index in [1.807, 2.05) is 0 Å². The van der Waals surface area contributed by atoms with Gasteiger partial charge in [0.1, 0.15) is 0 Å². The SMILES string of the molecule is CCCCCC(O)CC/C=C/C/C=C/CCCCC(=O)O. The zero-order valence-corrected chi connectivity index (χ0v) is 13.5. The van der Waals surface area contributed by atoms with Gasteiger partial charge in [0.15, 0.2) is 0 Å². The molecular weight excluding hydrogens is 264 g/mol. The highest BCUT2D eigenvalue weighted by Gasteiger charge is 2.01. The number of hydrogen-bond acceptors (Lipinski definition) is 2. The van der Waals surface area contributed by atoms with Crippen LogP contribution in [-0.2, 0) is 4.79 Å². The number of allylic oxidation sites excluding steroid dienone is 4. The molecular formula is C18H32O3. The smallest absolute Gasteiger partial charge is 0.303 e. The molecule has 0 aliphatic rings. The molecule has 3 nitrogen and oxygen atoms in total. The van der Waals surface area contributed by atoms with Crippen molar-refractivity contribution in [3.8, 4) is 0 Å². The van der Waals surface area contributed by atoms with Gasteiger partial charge in [-0.2, -0.15) is 0 Å². The summed E-state index contributed by atoms with van der Waals surface area (Å²) in [6, 6.07) is 0. The summed E-state index contributed by atoms with van der Waals surface area (Å²) in [4.78, 5) is 10.3. The Balaban J connectivity index is 3.37. The summed E-state index contributed by atoms with van der Waals surface area (Å²) in [5, 5.41) is 18.2. The molecule has 0 aliphatic carbocycles. The largest absolute Gasteiger partial charge is 0.481 e. The number of unbranched alkanes of at least 4 members (excludes halogenated alkanes) is 4. The number of carboxylic acids is 1. The Hall–Kier alpha value is -1.09. The van der Waals surface area contributed by atoms with Crippen LogP contribution in [0.3, 0.4) is 0 Å². The number of aliphatic hydroxyl groups is 1. The van der Waals surface area contributed by atoms with Gasteiger partial charge in [0.05, 0.1) is 6.10 Å². The summed E-state index contributed by atoms with van der Waals surface area (Å²) < 4.78 is 0. The van der Waals surface area contributed by atoms with Crippen molar-refractivity contribution in [2.75, 3.05) is 0 Å². The molecule has 1 atom stereocenters. The molecule has 0 aromatic rings. The third-order valence-corrected chi connectivity index (χ3v) is 3.42.